The van der Waals surface area contributed by atoms with E-state index in [0.29, 0.717) is 5.92 Å². The van der Waals surface area contributed by atoms with E-state index in [1.54, 1.807) is 0 Å². The summed E-state index contributed by atoms with van der Waals surface area (Å²) in [5.41, 5.74) is 5.02. The van der Waals surface area contributed by atoms with Crippen LogP contribution in [-0.4, -0.2) is 31.0 Å². The first-order valence-electron chi connectivity index (χ1n) is 9.29. The van der Waals surface area contributed by atoms with E-state index in [-0.39, 0.29) is 0 Å². The van der Waals surface area contributed by atoms with E-state index in [9.17, 15) is 0 Å². The molecule has 3 aromatic rings. The highest BCUT2D eigenvalue weighted by molar-refractivity contribution is 5.22. The lowest BCUT2D eigenvalue weighted by molar-refractivity contribution is 0.237. The second-order valence-corrected chi connectivity index (χ2v) is 7.31. The standard InChI is InChI=1S/C21H25N5/c1-16(2)21-23-10-18-13-25(9-8-20(18)24-21)14-19-11-22-15-26(19)12-17-6-4-3-5-7-17/h3-7,10-11,15-16H,8-9,12-14H2,1-2H3. The van der Waals surface area contributed by atoms with Gasteiger partial charge in [-0.1, -0.05) is 44.2 Å². The van der Waals surface area contributed by atoms with Crippen LogP contribution in [0.1, 0.15) is 48.1 Å². The number of imidazole rings is 1. The van der Waals surface area contributed by atoms with Crippen LogP contribution in [-0.2, 0) is 26.1 Å². The Kier molecular flexibility index (Phi) is 4.80. The third-order valence-electron chi connectivity index (χ3n) is 4.93. The van der Waals surface area contributed by atoms with Crippen LogP contribution in [0.3, 0.4) is 0 Å². The fourth-order valence-electron chi connectivity index (χ4n) is 3.43. The summed E-state index contributed by atoms with van der Waals surface area (Å²) in [4.78, 5) is 16.1. The molecular weight excluding hydrogens is 322 g/mol. The molecule has 5 nitrogen and oxygen atoms in total. The van der Waals surface area contributed by atoms with E-state index in [1.165, 1.54) is 22.5 Å². The van der Waals surface area contributed by atoms with Crippen molar-refractivity contribution in [1.29, 1.82) is 0 Å². The topological polar surface area (TPSA) is 46.8 Å². The molecule has 26 heavy (non-hydrogen) atoms. The molecule has 0 saturated carbocycles. The minimum Gasteiger partial charge on any atom is -0.329 e. The number of hydrogen-bond acceptors (Lipinski definition) is 4. The number of benzene rings is 1. The first-order chi connectivity index (χ1) is 12.7. The molecule has 1 aromatic carbocycles. The Bertz CT molecular complexity index is 869. The van der Waals surface area contributed by atoms with Crippen molar-refractivity contribution in [3.8, 4) is 0 Å². The van der Waals surface area contributed by atoms with Gasteiger partial charge in [0.25, 0.3) is 0 Å². The Balaban J connectivity index is 1.45. The molecule has 2 aromatic heterocycles. The van der Waals surface area contributed by atoms with E-state index in [4.69, 9.17) is 4.98 Å². The van der Waals surface area contributed by atoms with Gasteiger partial charge >= 0.3 is 0 Å². The van der Waals surface area contributed by atoms with E-state index in [0.717, 1.165) is 38.4 Å². The molecule has 0 atom stereocenters. The normalized spacial score (nSPS) is 14.6. The molecule has 4 rings (SSSR count). The highest BCUT2D eigenvalue weighted by Gasteiger charge is 2.20. The molecule has 0 saturated heterocycles. The first-order valence-corrected chi connectivity index (χ1v) is 9.29. The van der Waals surface area contributed by atoms with Gasteiger partial charge in [0, 0.05) is 62.2 Å². The van der Waals surface area contributed by atoms with E-state index >= 15 is 0 Å². The average Bonchev–Trinajstić information content (AvgIpc) is 3.08. The van der Waals surface area contributed by atoms with Crippen molar-refractivity contribution in [1.82, 2.24) is 24.4 Å². The summed E-state index contributed by atoms with van der Waals surface area (Å²) in [6, 6.07) is 10.5. The van der Waals surface area contributed by atoms with Gasteiger partial charge in [-0.2, -0.15) is 0 Å². The van der Waals surface area contributed by atoms with Crippen LogP contribution in [0.2, 0.25) is 0 Å². The molecule has 1 aliphatic heterocycles. The largest absolute Gasteiger partial charge is 0.329 e. The highest BCUT2D eigenvalue weighted by Crippen LogP contribution is 2.20. The lowest BCUT2D eigenvalue weighted by Gasteiger charge is -2.28. The first kappa shape index (κ1) is 16.9. The second-order valence-electron chi connectivity index (χ2n) is 7.31. The smallest absolute Gasteiger partial charge is 0.131 e. The SMILES string of the molecule is CC(C)c1ncc2c(n1)CCN(Cc1cncn1Cc1ccccc1)C2. The number of fused-ring (bicyclic) bond motifs is 1. The molecule has 0 bridgehead atoms. The molecule has 134 valence electrons. The lowest BCUT2D eigenvalue weighted by Crippen LogP contribution is -2.32. The van der Waals surface area contributed by atoms with E-state index < -0.39 is 0 Å². The molecule has 1 aliphatic rings. The molecule has 0 unspecified atom stereocenters. The average molecular weight is 347 g/mol. The van der Waals surface area contributed by atoms with Gasteiger partial charge in [-0.15, -0.1) is 0 Å². The lowest BCUT2D eigenvalue weighted by atomic mass is 10.1. The monoisotopic (exact) mass is 347 g/mol. The zero-order valence-electron chi connectivity index (χ0n) is 15.5. The Morgan fingerprint density at radius 1 is 1.08 bits per heavy atom. The van der Waals surface area contributed by atoms with Gasteiger partial charge in [0.05, 0.1) is 12.0 Å². The molecule has 0 fully saturated rings. The van der Waals surface area contributed by atoms with Gasteiger partial charge in [0.15, 0.2) is 0 Å². The Morgan fingerprint density at radius 3 is 2.73 bits per heavy atom. The van der Waals surface area contributed by atoms with Crippen molar-refractivity contribution in [3.63, 3.8) is 0 Å². The molecule has 0 N–H and O–H groups in total. The maximum atomic E-state index is 4.76. The van der Waals surface area contributed by atoms with E-state index in [1.807, 2.05) is 18.7 Å². The number of rotatable bonds is 5. The Morgan fingerprint density at radius 2 is 1.92 bits per heavy atom. The zero-order chi connectivity index (χ0) is 17.9. The number of nitrogens with zero attached hydrogens (tertiary/aromatic N) is 5. The van der Waals surface area contributed by atoms with Crippen LogP contribution in [0.25, 0.3) is 0 Å². The van der Waals surface area contributed by atoms with E-state index in [2.05, 4.69) is 63.6 Å². The minimum atomic E-state index is 0.380. The maximum Gasteiger partial charge on any atom is 0.131 e. The summed E-state index contributed by atoms with van der Waals surface area (Å²) < 4.78 is 2.24. The molecule has 0 radical (unpaired) electrons. The molecular formula is C21H25N5. The number of aromatic nitrogens is 4. The van der Waals surface area contributed by atoms with Crippen LogP contribution in [0, 0.1) is 0 Å². The highest BCUT2D eigenvalue weighted by atomic mass is 15.2. The quantitative estimate of drug-likeness (QED) is 0.710. The van der Waals surface area contributed by atoms with Gasteiger partial charge in [-0.3, -0.25) is 4.90 Å². The third kappa shape index (κ3) is 3.68. The molecule has 0 aliphatic carbocycles. The van der Waals surface area contributed by atoms with Gasteiger partial charge in [-0.25, -0.2) is 15.0 Å². The van der Waals surface area contributed by atoms with Gasteiger partial charge in [0.1, 0.15) is 5.82 Å². The second kappa shape index (κ2) is 7.38. The van der Waals surface area contributed by atoms with Gasteiger partial charge in [0.2, 0.25) is 0 Å². The van der Waals surface area contributed by atoms with Crippen molar-refractivity contribution in [3.05, 3.63) is 77.4 Å². The summed E-state index contributed by atoms with van der Waals surface area (Å²) in [5.74, 6) is 1.34. The van der Waals surface area contributed by atoms with Crippen LogP contribution < -0.4 is 0 Å². The van der Waals surface area contributed by atoms with Gasteiger partial charge in [-0.05, 0) is 5.56 Å². The summed E-state index contributed by atoms with van der Waals surface area (Å²) in [7, 11) is 0. The predicted octanol–water partition coefficient (Wildman–Crippen LogP) is 3.40. The van der Waals surface area contributed by atoms with Crippen molar-refractivity contribution < 1.29 is 0 Å². The summed E-state index contributed by atoms with van der Waals surface area (Å²) >= 11 is 0. The predicted molar refractivity (Wildman–Crippen MR) is 102 cm³/mol. The fourth-order valence-corrected chi connectivity index (χ4v) is 3.43. The summed E-state index contributed by atoms with van der Waals surface area (Å²) in [6.07, 6.45) is 6.92. The van der Waals surface area contributed by atoms with Crippen molar-refractivity contribution in [2.24, 2.45) is 0 Å². The maximum absolute atomic E-state index is 4.76. The minimum absolute atomic E-state index is 0.380. The molecule has 0 amide bonds. The van der Waals surface area contributed by atoms with Crippen LogP contribution in [0.5, 0.6) is 0 Å². The zero-order valence-corrected chi connectivity index (χ0v) is 15.5. The Labute approximate surface area is 154 Å². The summed E-state index contributed by atoms with van der Waals surface area (Å²) in [6.45, 7) is 7.98. The van der Waals surface area contributed by atoms with Crippen molar-refractivity contribution >= 4 is 0 Å². The Hall–Kier alpha value is -2.53. The van der Waals surface area contributed by atoms with Crippen LogP contribution in [0.15, 0.2) is 49.1 Å². The summed E-state index contributed by atoms with van der Waals surface area (Å²) in [5, 5.41) is 0. The molecule has 5 heteroatoms. The van der Waals surface area contributed by atoms with Gasteiger partial charge < -0.3 is 4.57 Å². The fraction of sp³-hybridized carbons (Fsp3) is 0.381. The molecule has 3 heterocycles. The molecule has 0 spiro atoms. The van der Waals surface area contributed by atoms with Crippen molar-refractivity contribution in [2.75, 3.05) is 6.54 Å². The number of hydrogen-bond donors (Lipinski definition) is 0. The third-order valence-corrected chi connectivity index (χ3v) is 4.93. The van der Waals surface area contributed by atoms with Crippen LogP contribution >= 0.6 is 0 Å². The van der Waals surface area contributed by atoms with Crippen molar-refractivity contribution in [2.45, 2.75) is 45.8 Å². The van der Waals surface area contributed by atoms with Crippen LogP contribution in [0.4, 0.5) is 0 Å².